The van der Waals surface area contributed by atoms with Crippen LogP contribution in [0.3, 0.4) is 0 Å². The molecule has 1 aliphatic heterocycles. The Kier molecular flexibility index (Phi) is 4.94. The van der Waals surface area contributed by atoms with Crippen LogP contribution in [0.25, 0.3) is 22.6 Å². The van der Waals surface area contributed by atoms with E-state index in [1.807, 2.05) is 43.9 Å². The highest BCUT2D eigenvalue weighted by Crippen LogP contribution is 2.28. The lowest BCUT2D eigenvalue weighted by Gasteiger charge is -2.34. The van der Waals surface area contributed by atoms with Crippen LogP contribution in [0.2, 0.25) is 0 Å². The van der Waals surface area contributed by atoms with Crippen molar-refractivity contribution in [2.75, 3.05) is 31.1 Å². The van der Waals surface area contributed by atoms with Gasteiger partial charge in [-0.25, -0.2) is 23.4 Å². The van der Waals surface area contributed by atoms with Gasteiger partial charge in [-0.2, -0.15) is 9.40 Å². The Morgan fingerprint density at radius 3 is 2.34 bits per heavy atom. The van der Waals surface area contributed by atoms with E-state index in [-0.39, 0.29) is 0 Å². The van der Waals surface area contributed by atoms with Gasteiger partial charge in [-0.1, -0.05) is 17.7 Å². The molecule has 0 bridgehead atoms. The molecule has 11 heteroatoms. The Morgan fingerprint density at radius 2 is 1.69 bits per heavy atom. The summed E-state index contributed by atoms with van der Waals surface area (Å²) in [6.07, 6.45) is 5.20. The minimum absolute atomic E-state index is 0.326. The summed E-state index contributed by atoms with van der Waals surface area (Å²) in [5, 5.41) is 4.23. The first-order valence-electron chi connectivity index (χ1n) is 10.3. The van der Waals surface area contributed by atoms with E-state index in [1.54, 1.807) is 23.0 Å². The number of piperazine rings is 1. The molecule has 0 atom stereocenters. The van der Waals surface area contributed by atoms with Crippen LogP contribution in [-0.4, -0.2) is 68.2 Å². The summed E-state index contributed by atoms with van der Waals surface area (Å²) in [4.78, 5) is 16.1. The standard InChI is InChI=1S/C21H24N8O2S/c1-15-4-6-17(7-5-15)32(30,31)29-10-8-28(9-11-29)21-18-20(22-14-23-21)27(3)19(25-18)16-12-24-26(2)13-16/h4-7,12-14H,8-11H2,1-3H3. The molecule has 0 amide bonds. The molecule has 32 heavy (non-hydrogen) atoms. The van der Waals surface area contributed by atoms with Gasteiger partial charge in [0, 0.05) is 46.5 Å². The van der Waals surface area contributed by atoms with Gasteiger partial charge in [0.1, 0.15) is 12.2 Å². The topological polar surface area (TPSA) is 102 Å². The summed E-state index contributed by atoms with van der Waals surface area (Å²) in [6.45, 7) is 3.75. The first kappa shape index (κ1) is 20.6. The number of nitrogens with zero attached hydrogens (tertiary/aromatic N) is 8. The number of imidazole rings is 1. The molecule has 1 aliphatic rings. The highest BCUT2D eigenvalue weighted by atomic mass is 32.2. The van der Waals surface area contributed by atoms with Crippen LogP contribution in [0.1, 0.15) is 5.56 Å². The van der Waals surface area contributed by atoms with Crippen molar-refractivity contribution < 1.29 is 8.42 Å². The van der Waals surface area contributed by atoms with Crippen LogP contribution in [0.15, 0.2) is 47.9 Å². The molecule has 5 rings (SSSR count). The van der Waals surface area contributed by atoms with Gasteiger partial charge in [0.25, 0.3) is 0 Å². The van der Waals surface area contributed by atoms with Crippen LogP contribution >= 0.6 is 0 Å². The molecule has 4 heterocycles. The zero-order chi connectivity index (χ0) is 22.5. The number of benzene rings is 1. The van der Waals surface area contributed by atoms with E-state index in [2.05, 4.69) is 20.0 Å². The second-order valence-corrected chi connectivity index (χ2v) is 9.91. The molecule has 1 aromatic carbocycles. The monoisotopic (exact) mass is 452 g/mol. The predicted molar refractivity (Wildman–Crippen MR) is 121 cm³/mol. The third-order valence-corrected chi connectivity index (χ3v) is 7.71. The molecule has 0 spiro atoms. The minimum Gasteiger partial charge on any atom is -0.352 e. The minimum atomic E-state index is -3.52. The number of rotatable bonds is 4. The van der Waals surface area contributed by atoms with Gasteiger partial charge in [-0.3, -0.25) is 4.68 Å². The molecule has 0 unspecified atom stereocenters. The highest BCUT2D eigenvalue weighted by Gasteiger charge is 2.30. The van der Waals surface area contributed by atoms with Gasteiger partial charge in [-0.15, -0.1) is 0 Å². The van der Waals surface area contributed by atoms with Gasteiger partial charge in [0.2, 0.25) is 10.0 Å². The Morgan fingerprint density at radius 1 is 0.969 bits per heavy atom. The van der Waals surface area contributed by atoms with Crippen molar-refractivity contribution >= 4 is 27.0 Å². The summed E-state index contributed by atoms with van der Waals surface area (Å²) in [7, 11) is 0.262. The van der Waals surface area contributed by atoms with Crippen molar-refractivity contribution in [3.05, 3.63) is 48.5 Å². The second-order valence-electron chi connectivity index (χ2n) is 7.97. The van der Waals surface area contributed by atoms with Crippen LogP contribution in [-0.2, 0) is 24.1 Å². The van der Waals surface area contributed by atoms with E-state index in [4.69, 9.17) is 4.98 Å². The summed E-state index contributed by atoms with van der Waals surface area (Å²) in [6, 6.07) is 6.97. The van der Waals surface area contributed by atoms with Crippen LogP contribution in [0.5, 0.6) is 0 Å². The number of fused-ring (bicyclic) bond motifs is 1. The molecule has 1 saturated heterocycles. The fourth-order valence-electron chi connectivity index (χ4n) is 4.01. The van der Waals surface area contributed by atoms with Gasteiger partial charge >= 0.3 is 0 Å². The van der Waals surface area contributed by atoms with Crippen molar-refractivity contribution in [1.29, 1.82) is 0 Å². The number of sulfonamides is 1. The van der Waals surface area contributed by atoms with E-state index in [0.717, 1.165) is 22.6 Å². The van der Waals surface area contributed by atoms with Gasteiger partial charge in [-0.05, 0) is 19.1 Å². The van der Waals surface area contributed by atoms with E-state index >= 15 is 0 Å². The Labute approximate surface area is 186 Å². The summed E-state index contributed by atoms with van der Waals surface area (Å²) in [5.41, 5.74) is 3.35. The maximum atomic E-state index is 13.0. The van der Waals surface area contributed by atoms with Crippen LogP contribution in [0, 0.1) is 6.92 Å². The average molecular weight is 453 g/mol. The average Bonchev–Trinajstić information content (AvgIpc) is 3.37. The summed E-state index contributed by atoms with van der Waals surface area (Å²) in [5.74, 6) is 1.48. The molecule has 10 nitrogen and oxygen atoms in total. The number of aryl methyl sites for hydroxylation is 3. The molecule has 1 fully saturated rings. The number of anilines is 1. The zero-order valence-corrected chi connectivity index (χ0v) is 19.0. The van der Waals surface area contributed by atoms with E-state index < -0.39 is 10.0 Å². The molecule has 166 valence electrons. The lowest BCUT2D eigenvalue weighted by molar-refractivity contribution is 0.384. The normalized spacial score (nSPS) is 15.5. The third-order valence-electron chi connectivity index (χ3n) is 5.80. The highest BCUT2D eigenvalue weighted by molar-refractivity contribution is 7.89. The first-order chi connectivity index (χ1) is 15.3. The maximum Gasteiger partial charge on any atom is 0.243 e. The number of aromatic nitrogens is 6. The molecule has 4 aromatic rings. The van der Waals surface area contributed by atoms with Crippen molar-refractivity contribution in [2.45, 2.75) is 11.8 Å². The second kappa shape index (κ2) is 7.68. The van der Waals surface area contributed by atoms with Crippen molar-refractivity contribution in [3.63, 3.8) is 0 Å². The lowest BCUT2D eigenvalue weighted by Crippen LogP contribution is -2.49. The Balaban J connectivity index is 1.41. The lowest BCUT2D eigenvalue weighted by atomic mass is 10.2. The smallest absolute Gasteiger partial charge is 0.243 e. The zero-order valence-electron chi connectivity index (χ0n) is 18.2. The summed E-state index contributed by atoms with van der Waals surface area (Å²) < 4.78 is 31.2. The van der Waals surface area contributed by atoms with Crippen molar-refractivity contribution in [1.82, 2.24) is 33.6 Å². The van der Waals surface area contributed by atoms with Crippen LogP contribution in [0.4, 0.5) is 5.82 Å². The largest absolute Gasteiger partial charge is 0.352 e. The number of hydrogen-bond donors (Lipinski definition) is 0. The SMILES string of the molecule is Cc1ccc(S(=O)(=O)N2CCN(c3ncnc4c3nc(-c3cnn(C)c3)n4C)CC2)cc1. The van der Waals surface area contributed by atoms with Gasteiger partial charge < -0.3 is 9.47 Å². The summed E-state index contributed by atoms with van der Waals surface area (Å²) >= 11 is 0. The van der Waals surface area contributed by atoms with E-state index in [0.29, 0.717) is 42.4 Å². The fraction of sp³-hybridized carbons (Fsp3) is 0.333. The molecule has 3 aromatic heterocycles. The predicted octanol–water partition coefficient (Wildman–Crippen LogP) is 1.58. The molecule has 0 saturated carbocycles. The molecular formula is C21H24N8O2S. The first-order valence-corrected chi connectivity index (χ1v) is 11.8. The quantitative estimate of drug-likeness (QED) is 0.463. The van der Waals surface area contributed by atoms with E-state index in [9.17, 15) is 8.42 Å². The Hall–Kier alpha value is -3.31. The third kappa shape index (κ3) is 3.43. The molecule has 0 N–H and O–H groups in total. The van der Waals surface area contributed by atoms with Gasteiger partial charge in [0.15, 0.2) is 17.0 Å². The molecular weight excluding hydrogens is 428 g/mol. The van der Waals surface area contributed by atoms with Crippen LogP contribution < -0.4 is 4.90 Å². The van der Waals surface area contributed by atoms with Gasteiger partial charge in [0.05, 0.1) is 16.7 Å². The molecule has 0 radical (unpaired) electrons. The molecule has 0 aliphatic carbocycles. The fourth-order valence-corrected chi connectivity index (χ4v) is 5.44. The van der Waals surface area contributed by atoms with Crippen molar-refractivity contribution in [3.8, 4) is 11.4 Å². The van der Waals surface area contributed by atoms with E-state index in [1.165, 1.54) is 10.6 Å². The van der Waals surface area contributed by atoms with Crippen molar-refractivity contribution in [2.24, 2.45) is 14.1 Å². The maximum absolute atomic E-state index is 13.0. The Bertz CT molecular complexity index is 1380. The number of hydrogen-bond acceptors (Lipinski definition) is 7.